The van der Waals surface area contributed by atoms with Crippen molar-refractivity contribution in [3.63, 3.8) is 0 Å². The van der Waals surface area contributed by atoms with E-state index in [1.54, 1.807) is 12.2 Å². The van der Waals surface area contributed by atoms with Gasteiger partial charge in [-0.25, -0.2) is 0 Å². The van der Waals surface area contributed by atoms with Gasteiger partial charge in [0.1, 0.15) is 0 Å². The maximum atomic E-state index is 11.4. The van der Waals surface area contributed by atoms with E-state index in [1.165, 1.54) is 0 Å². The van der Waals surface area contributed by atoms with Gasteiger partial charge < -0.3 is 0 Å². The molecule has 76 valence electrons. The maximum Gasteiger partial charge on any atom is 0.270 e. The van der Waals surface area contributed by atoms with Crippen LogP contribution in [0, 0.1) is 0 Å². The van der Waals surface area contributed by atoms with Crippen LogP contribution in [0.4, 0.5) is 0 Å². The molecule has 0 atom stereocenters. The molecule has 0 radical (unpaired) electrons. The van der Waals surface area contributed by atoms with Crippen molar-refractivity contribution < 1.29 is 0 Å². The number of aromatic nitrogens is 2. The molecule has 0 amide bonds. The van der Waals surface area contributed by atoms with Gasteiger partial charge in [-0.15, -0.1) is 0 Å². The highest BCUT2D eigenvalue weighted by Gasteiger charge is 1.94. The predicted octanol–water partition coefficient (Wildman–Crippen LogP) is -0.556. The van der Waals surface area contributed by atoms with E-state index in [0.29, 0.717) is 10.4 Å². The van der Waals surface area contributed by atoms with Crippen LogP contribution in [-0.4, -0.2) is 10.2 Å². The van der Waals surface area contributed by atoms with E-state index in [9.17, 15) is 9.59 Å². The first-order valence-electron chi connectivity index (χ1n) is 4.72. The second-order valence-corrected chi connectivity index (χ2v) is 2.96. The summed E-state index contributed by atoms with van der Waals surface area (Å²) in [6, 6.07) is 0. The van der Waals surface area contributed by atoms with Crippen molar-refractivity contribution >= 4 is 12.2 Å². The fourth-order valence-electron chi connectivity index (χ4n) is 1.31. The molecule has 4 heteroatoms. The Morgan fingerprint density at radius 1 is 0.929 bits per heavy atom. The zero-order valence-electron chi connectivity index (χ0n) is 8.39. The van der Waals surface area contributed by atoms with E-state index in [-0.39, 0.29) is 11.1 Å². The van der Waals surface area contributed by atoms with Crippen molar-refractivity contribution in [2.75, 3.05) is 0 Å². The minimum Gasteiger partial charge on any atom is -0.267 e. The normalized spacial score (nSPS) is 13.6. The molecular formula is C10H14N2O2. The topological polar surface area (TPSA) is 65.7 Å². The molecule has 4 nitrogen and oxygen atoms in total. The lowest BCUT2D eigenvalue weighted by Gasteiger charge is -1.89. The molecule has 0 aromatic carbocycles. The Morgan fingerprint density at radius 3 is 1.57 bits per heavy atom. The Balaban J connectivity index is 3.78. The molecule has 0 aliphatic heterocycles. The molecule has 0 aliphatic carbocycles. The Bertz CT molecular complexity index is 473. The van der Waals surface area contributed by atoms with Gasteiger partial charge in [-0.3, -0.25) is 19.8 Å². The average molecular weight is 194 g/mol. The first-order chi connectivity index (χ1) is 6.70. The summed E-state index contributed by atoms with van der Waals surface area (Å²) >= 11 is 0. The van der Waals surface area contributed by atoms with Gasteiger partial charge in [0.05, 0.1) is 0 Å². The van der Waals surface area contributed by atoms with E-state index >= 15 is 0 Å². The van der Waals surface area contributed by atoms with Gasteiger partial charge in [0, 0.05) is 10.4 Å². The average Bonchev–Trinajstić information content (AvgIpc) is 2.17. The van der Waals surface area contributed by atoms with Crippen LogP contribution < -0.4 is 21.6 Å². The van der Waals surface area contributed by atoms with Crippen molar-refractivity contribution in [1.29, 1.82) is 0 Å². The summed E-state index contributed by atoms with van der Waals surface area (Å²) in [5.74, 6) is 0. The van der Waals surface area contributed by atoms with Crippen molar-refractivity contribution in [2.45, 2.75) is 26.7 Å². The molecule has 1 rings (SSSR count). The summed E-state index contributed by atoms with van der Waals surface area (Å²) in [6.45, 7) is 3.85. The minimum absolute atomic E-state index is 0.244. The first kappa shape index (κ1) is 10.5. The van der Waals surface area contributed by atoms with E-state index in [4.69, 9.17) is 0 Å². The van der Waals surface area contributed by atoms with Gasteiger partial charge >= 0.3 is 0 Å². The summed E-state index contributed by atoms with van der Waals surface area (Å²) in [4.78, 5) is 22.8. The Hall–Kier alpha value is -1.58. The first-order valence-corrected chi connectivity index (χ1v) is 4.72. The quantitative estimate of drug-likeness (QED) is 0.663. The molecule has 1 aromatic heterocycles. The Labute approximate surface area is 81.0 Å². The molecule has 0 saturated carbocycles. The van der Waals surface area contributed by atoms with E-state index in [1.807, 2.05) is 13.8 Å². The van der Waals surface area contributed by atoms with Crippen LogP contribution in [0.25, 0.3) is 12.2 Å². The third-order valence-corrected chi connectivity index (χ3v) is 1.89. The number of nitrogens with one attached hydrogen (secondary N) is 2. The summed E-state index contributed by atoms with van der Waals surface area (Å²) in [5.41, 5.74) is -0.489. The van der Waals surface area contributed by atoms with Crippen LogP contribution in [0.2, 0.25) is 0 Å². The van der Waals surface area contributed by atoms with Crippen LogP contribution >= 0.6 is 0 Å². The number of rotatable bonds is 2. The molecule has 0 unspecified atom stereocenters. The lowest BCUT2D eigenvalue weighted by molar-refractivity contribution is 0.920. The molecule has 2 N–H and O–H groups in total. The number of hydrogen-bond acceptors (Lipinski definition) is 2. The van der Waals surface area contributed by atoms with Gasteiger partial charge in [0.25, 0.3) is 11.1 Å². The molecule has 0 saturated heterocycles. The van der Waals surface area contributed by atoms with Gasteiger partial charge in [0.15, 0.2) is 0 Å². The van der Waals surface area contributed by atoms with Gasteiger partial charge in [-0.1, -0.05) is 26.0 Å². The summed E-state index contributed by atoms with van der Waals surface area (Å²) in [7, 11) is 0. The van der Waals surface area contributed by atoms with Gasteiger partial charge in [-0.05, 0) is 12.8 Å². The van der Waals surface area contributed by atoms with E-state index < -0.39 is 0 Å². The third-order valence-electron chi connectivity index (χ3n) is 1.89. The van der Waals surface area contributed by atoms with Crippen molar-refractivity contribution in [1.82, 2.24) is 10.2 Å². The number of aromatic amines is 2. The summed E-state index contributed by atoms with van der Waals surface area (Å²) < 4.78 is 0. The molecule has 0 fully saturated rings. The van der Waals surface area contributed by atoms with Crippen LogP contribution in [-0.2, 0) is 0 Å². The van der Waals surface area contributed by atoms with Crippen LogP contribution in [0.3, 0.4) is 0 Å². The van der Waals surface area contributed by atoms with Gasteiger partial charge in [0.2, 0.25) is 0 Å². The summed E-state index contributed by atoms with van der Waals surface area (Å²) in [5, 5.41) is 5.56. The maximum absolute atomic E-state index is 11.4. The predicted molar refractivity (Wildman–Crippen MR) is 56.4 cm³/mol. The van der Waals surface area contributed by atoms with Crippen molar-refractivity contribution in [2.24, 2.45) is 0 Å². The molecule has 0 aliphatic rings. The zero-order chi connectivity index (χ0) is 10.6. The fourth-order valence-corrected chi connectivity index (χ4v) is 1.31. The lowest BCUT2D eigenvalue weighted by Crippen LogP contribution is -2.51. The molecule has 0 spiro atoms. The van der Waals surface area contributed by atoms with Crippen LogP contribution in [0.15, 0.2) is 9.59 Å². The van der Waals surface area contributed by atoms with Crippen LogP contribution in [0.5, 0.6) is 0 Å². The van der Waals surface area contributed by atoms with E-state index in [0.717, 1.165) is 12.8 Å². The molecule has 0 bridgehead atoms. The summed E-state index contributed by atoms with van der Waals surface area (Å²) in [6.07, 6.45) is 4.99. The highest BCUT2D eigenvalue weighted by molar-refractivity contribution is 5.28. The number of H-pyrrole nitrogens is 2. The Morgan fingerprint density at radius 2 is 1.29 bits per heavy atom. The SMILES string of the molecule is CC/C=c1/c(=O)[nH][nH]c(=O)/c1=C/CC. The second-order valence-electron chi connectivity index (χ2n) is 2.96. The Kier molecular flexibility index (Phi) is 3.45. The molecule has 1 heterocycles. The lowest BCUT2D eigenvalue weighted by atomic mass is 10.2. The van der Waals surface area contributed by atoms with Crippen molar-refractivity contribution in [3.8, 4) is 0 Å². The van der Waals surface area contributed by atoms with E-state index in [2.05, 4.69) is 10.2 Å². The monoisotopic (exact) mass is 194 g/mol. The fraction of sp³-hybridized carbons (Fsp3) is 0.400. The molecule has 14 heavy (non-hydrogen) atoms. The van der Waals surface area contributed by atoms with Gasteiger partial charge in [-0.2, -0.15) is 0 Å². The highest BCUT2D eigenvalue weighted by Crippen LogP contribution is 1.72. The van der Waals surface area contributed by atoms with Crippen molar-refractivity contribution in [3.05, 3.63) is 31.1 Å². The zero-order valence-corrected chi connectivity index (χ0v) is 8.39. The standard InChI is InChI=1S/C10H14N2O2/c1-3-5-7-8(6-4-2)10(14)12-11-9(7)13/h5-6H,3-4H2,1-2H3,(H,11,13)(H,12,14)/b7-5+,8-6+. The highest BCUT2D eigenvalue weighted by atomic mass is 16.1. The smallest absolute Gasteiger partial charge is 0.267 e. The third kappa shape index (κ3) is 2.02. The number of hydrogen-bond donors (Lipinski definition) is 2. The minimum atomic E-state index is -0.244. The molecular weight excluding hydrogens is 180 g/mol. The van der Waals surface area contributed by atoms with Crippen LogP contribution in [0.1, 0.15) is 26.7 Å². The molecule has 1 aromatic rings. The second kappa shape index (κ2) is 4.60. The largest absolute Gasteiger partial charge is 0.270 e.